The van der Waals surface area contributed by atoms with E-state index >= 15 is 0 Å². The van der Waals surface area contributed by atoms with Gasteiger partial charge in [-0.25, -0.2) is 8.42 Å². The number of likely N-dealkylation sites (tertiary alicyclic amines) is 1. The van der Waals surface area contributed by atoms with E-state index in [9.17, 15) is 18.0 Å². The molecule has 3 rings (SSSR count). The molecule has 2 aromatic carbocycles. The van der Waals surface area contributed by atoms with Crippen LogP contribution in [0, 0.1) is 5.41 Å². The maximum atomic E-state index is 13.7. The lowest BCUT2D eigenvalue weighted by Crippen LogP contribution is -2.52. The Kier molecular flexibility index (Phi) is 9.30. The van der Waals surface area contributed by atoms with Crippen molar-refractivity contribution in [1.29, 1.82) is 0 Å². The highest BCUT2D eigenvalue weighted by atomic mass is 32.2. The molecular weight excluding hydrogens is 474 g/mol. The van der Waals surface area contributed by atoms with Crippen molar-refractivity contribution in [3.8, 4) is 0 Å². The van der Waals surface area contributed by atoms with Crippen LogP contribution in [0.3, 0.4) is 0 Å². The second-order valence-corrected chi connectivity index (χ2v) is 12.4. The molecule has 1 saturated heterocycles. The Hall–Kier alpha value is -2.71. The molecule has 0 saturated carbocycles. The number of benzene rings is 2. The summed E-state index contributed by atoms with van der Waals surface area (Å²) >= 11 is 0. The van der Waals surface area contributed by atoms with Crippen LogP contribution < -0.4 is 0 Å². The van der Waals surface area contributed by atoms with Crippen LogP contribution in [0.5, 0.6) is 0 Å². The minimum absolute atomic E-state index is 0.0652. The first-order valence-corrected chi connectivity index (χ1v) is 14.2. The molecule has 0 aromatic heterocycles. The summed E-state index contributed by atoms with van der Waals surface area (Å²) in [6.45, 7) is 9.29. The van der Waals surface area contributed by atoms with Crippen molar-refractivity contribution < 1.29 is 18.0 Å². The summed E-state index contributed by atoms with van der Waals surface area (Å²) in [6.07, 6.45) is 1.94. The Bertz CT molecular complexity index is 1110. The van der Waals surface area contributed by atoms with E-state index in [2.05, 4.69) is 0 Å². The molecule has 0 radical (unpaired) electrons. The lowest BCUT2D eigenvalue weighted by molar-refractivity contribution is -0.142. The van der Waals surface area contributed by atoms with Crippen LogP contribution in [0.15, 0.2) is 65.6 Å². The molecule has 0 bridgehead atoms. The lowest BCUT2D eigenvalue weighted by atomic mass is 9.92. The molecule has 7 nitrogen and oxygen atoms in total. The highest BCUT2D eigenvalue weighted by Crippen LogP contribution is 2.25. The number of piperidine rings is 1. The van der Waals surface area contributed by atoms with E-state index in [1.165, 1.54) is 4.31 Å². The van der Waals surface area contributed by atoms with Crippen LogP contribution in [0.25, 0.3) is 0 Å². The van der Waals surface area contributed by atoms with Crippen LogP contribution in [-0.2, 0) is 26.2 Å². The number of carbonyl (C=O) groups is 2. The van der Waals surface area contributed by atoms with Gasteiger partial charge in [0.25, 0.3) is 0 Å². The molecule has 0 atom stereocenters. The second-order valence-electron chi connectivity index (χ2n) is 10.4. The molecule has 2 aromatic rings. The molecule has 2 amide bonds. The first-order valence-electron chi connectivity index (χ1n) is 12.7. The summed E-state index contributed by atoms with van der Waals surface area (Å²) < 4.78 is 28.0. The maximum absolute atomic E-state index is 13.7. The Balaban J connectivity index is 1.81. The SMILES string of the molecule is CCCN(CC(=O)N(Cc1ccccc1)C1CCN(C(=O)C(C)(C)C)CC1)S(=O)(=O)c1ccccc1. The molecular formula is C28H39N3O4S. The molecule has 36 heavy (non-hydrogen) atoms. The summed E-state index contributed by atoms with van der Waals surface area (Å²) in [5, 5.41) is 0. The first-order chi connectivity index (χ1) is 17.0. The molecule has 0 spiro atoms. The Morgan fingerprint density at radius 2 is 1.50 bits per heavy atom. The molecule has 0 N–H and O–H groups in total. The molecule has 0 aliphatic carbocycles. The van der Waals surface area contributed by atoms with Crippen LogP contribution in [0.2, 0.25) is 0 Å². The first kappa shape index (κ1) is 27.9. The fourth-order valence-corrected chi connectivity index (χ4v) is 6.08. The highest BCUT2D eigenvalue weighted by Gasteiger charge is 2.35. The number of rotatable bonds is 9. The van der Waals surface area contributed by atoms with Crippen molar-refractivity contribution in [1.82, 2.24) is 14.1 Å². The molecule has 8 heteroatoms. The zero-order valence-corrected chi connectivity index (χ0v) is 22.7. The van der Waals surface area contributed by atoms with Crippen LogP contribution in [0.1, 0.15) is 52.5 Å². The predicted molar refractivity (Wildman–Crippen MR) is 142 cm³/mol. The minimum atomic E-state index is -3.80. The van der Waals surface area contributed by atoms with Crippen molar-refractivity contribution >= 4 is 21.8 Å². The molecule has 196 valence electrons. The van der Waals surface area contributed by atoms with E-state index < -0.39 is 15.4 Å². The van der Waals surface area contributed by atoms with Gasteiger partial charge in [0.15, 0.2) is 0 Å². The van der Waals surface area contributed by atoms with E-state index in [-0.39, 0.29) is 35.8 Å². The van der Waals surface area contributed by atoms with Gasteiger partial charge in [0.2, 0.25) is 21.8 Å². The molecule has 1 aliphatic heterocycles. The molecule has 1 aliphatic rings. The van der Waals surface area contributed by atoms with Crippen molar-refractivity contribution in [3.63, 3.8) is 0 Å². The highest BCUT2D eigenvalue weighted by molar-refractivity contribution is 7.89. The summed E-state index contributed by atoms with van der Waals surface area (Å²) in [6, 6.07) is 18.0. The van der Waals surface area contributed by atoms with Gasteiger partial charge < -0.3 is 9.80 Å². The summed E-state index contributed by atoms with van der Waals surface area (Å²) in [7, 11) is -3.80. The normalized spacial score (nSPS) is 15.2. The second kappa shape index (κ2) is 12.0. The van der Waals surface area contributed by atoms with Gasteiger partial charge in [0.05, 0.1) is 11.4 Å². The van der Waals surface area contributed by atoms with Crippen LogP contribution in [-0.4, -0.2) is 66.6 Å². The quantitative estimate of drug-likeness (QED) is 0.505. The Morgan fingerprint density at radius 3 is 2.03 bits per heavy atom. The van der Waals surface area contributed by atoms with E-state index in [1.54, 1.807) is 30.3 Å². The number of hydrogen-bond donors (Lipinski definition) is 0. The third-order valence-electron chi connectivity index (χ3n) is 6.52. The Morgan fingerprint density at radius 1 is 0.944 bits per heavy atom. The standard InChI is InChI=1S/C28H39N3O4S/c1-5-18-30(36(34,35)25-14-10-7-11-15-25)22-26(32)31(21-23-12-8-6-9-13-23)24-16-19-29(20-17-24)27(33)28(2,3)4/h6-15,24H,5,16-22H2,1-4H3. The lowest BCUT2D eigenvalue weighted by Gasteiger charge is -2.41. The molecule has 1 fully saturated rings. The third kappa shape index (κ3) is 6.95. The predicted octanol–water partition coefficient (Wildman–Crippen LogP) is 4.15. The average Bonchev–Trinajstić information content (AvgIpc) is 2.87. The molecule has 0 unspecified atom stereocenters. The van der Waals surface area contributed by atoms with Gasteiger partial charge in [0, 0.05) is 37.6 Å². The summed E-state index contributed by atoms with van der Waals surface area (Å²) in [5.41, 5.74) is 0.547. The minimum Gasteiger partial charge on any atom is -0.342 e. The largest absolute Gasteiger partial charge is 0.342 e. The molecule has 1 heterocycles. The maximum Gasteiger partial charge on any atom is 0.243 e. The van der Waals surface area contributed by atoms with Crippen molar-refractivity contribution in [2.24, 2.45) is 5.41 Å². The number of hydrogen-bond acceptors (Lipinski definition) is 4. The number of carbonyl (C=O) groups excluding carboxylic acids is 2. The van der Waals surface area contributed by atoms with E-state index in [0.717, 1.165) is 5.56 Å². The van der Waals surface area contributed by atoms with E-state index in [0.29, 0.717) is 38.9 Å². The smallest absolute Gasteiger partial charge is 0.243 e. The monoisotopic (exact) mass is 513 g/mol. The number of nitrogens with zero attached hydrogens (tertiary/aromatic N) is 3. The number of sulfonamides is 1. The average molecular weight is 514 g/mol. The van der Waals surface area contributed by atoms with Crippen molar-refractivity contribution in [3.05, 3.63) is 66.2 Å². The summed E-state index contributed by atoms with van der Waals surface area (Å²) in [4.78, 5) is 30.4. The van der Waals surface area contributed by atoms with Gasteiger partial charge in [-0.1, -0.05) is 76.2 Å². The zero-order chi connectivity index (χ0) is 26.3. The zero-order valence-electron chi connectivity index (χ0n) is 21.9. The summed E-state index contributed by atoms with van der Waals surface area (Å²) in [5.74, 6) is -0.0997. The van der Waals surface area contributed by atoms with E-state index in [4.69, 9.17) is 0 Å². The van der Waals surface area contributed by atoms with Gasteiger partial charge in [-0.3, -0.25) is 9.59 Å². The third-order valence-corrected chi connectivity index (χ3v) is 8.38. The van der Waals surface area contributed by atoms with Crippen LogP contribution in [0.4, 0.5) is 0 Å². The van der Waals surface area contributed by atoms with E-state index in [1.807, 2.05) is 67.8 Å². The number of amides is 2. The van der Waals surface area contributed by atoms with Gasteiger partial charge in [0.1, 0.15) is 0 Å². The Labute approximate surface area is 216 Å². The van der Waals surface area contributed by atoms with Gasteiger partial charge in [-0.2, -0.15) is 4.31 Å². The van der Waals surface area contributed by atoms with Gasteiger partial charge >= 0.3 is 0 Å². The van der Waals surface area contributed by atoms with Crippen LogP contribution >= 0.6 is 0 Å². The van der Waals surface area contributed by atoms with Gasteiger partial charge in [-0.15, -0.1) is 0 Å². The topological polar surface area (TPSA) is 78.0 Å². The fraction of sp³-hybridized carbons (Fsp3) is 0.500. The van der Waals surface area contributed by atoms with Gasteiger partial charge in [-0.05, 0) is 37.0 Å². The van der Waals surface area contributed by atoms with Crippen molar-refractivity contribution in [2.75, 3.05) is 26.2 Å². The van der Waals surface area contributed by atoms with Crippen molar-refractivity contribution in [2.45, 2.75) is 64.4 Å². The fourth-order valence-electron chi connectivity index (χ4n) is 4.57.